The molecule has 0 saturated heterocycles. The Morgan fingerprint density at radius 2 is 2.11 bits per heavy atom. The third-order valence-corrected chi connectivity index (χ3v) is 9.03. The Morgan fingerprint density at radius 3 is 2.78 bits per heavy atom. The number of nitrogens with two attached hydrogens (primary N) is 1. The number of hydrogen-bond donors (Lipinski definition) is 2. The van der Waals surface area contributed by atoms with Crippen molar-refractivity contribution >= 4 is 57.1 Å². The lowest BCUT2D eigenvalue weighted by molar-refractivity contribution is -0.115. The molecule has 1 amide bonds. The van der Waals surface area contributed by atoms with E-state index in [1.807, 2.05) is 17.5 Å². The van der Waals surface area contributed by atoms with Gasteiger partial charge in [-0.05, 0) is 49.1 Å². The second kappa shape index (κ2) is 11.8. The molecule has 37 heavy (non-hydrogen) atoms. The van der Waals surface area contributed by atoms with Crippen LogP contribution in [0.15, 0.2) is 22.5 Å². The summed E-state index contributed by atoms with van der Waals surface area (Å²) in [6, 6.07) is 7.88. The molecule has 0 fully saturated rings. The van der Waals surface area contributed by atoms with E-state index in [0.717, 1.165) is 34.6 Å². The highest BCUT2D eigenvalue weighted by Crippen LogP contribution is 2.41. The second-order valence-electron chi connectivity index (χ2n) is 8.55. The van der Waals surface area contributed by atoms with Gasteiger partial charge in [0.15, 0.2) is 0 Å². The minimum absolute atomic E-state index is 0.0503. The number of amides is 1. The molecular formula is C26H25N5O3S3. The number of thiophene rings is 2. The number of thioether (sulfide) groups is 1. The zero-order valence-electron chi connectivity index (χ0n) is 20.4. The molecule has 1 aliphatic carbocycles. The van der Waals surface area contributed by atoms with Crippen molar-refractivity contribution in [3.05, 3.63) is 44.6 Å². The highest BCUT2D eigenvalue weighted by Gasteiger charge is 2.29. The fourth-order valence-electron chi connectivity index (χ4n) is 4.26. The third kappa shape index (κ3) is 5.64. The molecule has 1 atom stereocenters. The summed E-state index contributed by atoms with van der Waals surface area (Å²) < 4.78 is 5.28. The number of nitrogen functional groups attached to an aromatic ring is 1. The average molecular weight is 552 g/mol. The van der Waals surface area contributed by atoms with Crippen LogP contribution in [0.2, 0.25) is 0 Å². The van der Waals surface area contributed by atoms with Crippen LogP contribution >= 0.6 is 34.4 Å². The van der Waals surface area contributed by atoms with Gasteiger partial charge in [-0.1, -0.05) is 13.0 Å². The van der Waals surface area contributed by atoms with Crippen molar-refractivity contribution in [1.29, 1.82) is 10.5 Å². The fourth-order valence-corrected chi connectivity index (χ4v) is 7.39. The van der Waals surface area contributed by atoms with Crippen molar-refractivity contribution in [2.45, 2.75) is 44.6 Å². The fraction of sp³-hybridized carbons (Fsp3) is 0.346. The number of carbonyl (C=O) groups is 2. The van der Waals surface area contributed by atoms with Gasteiger partial charge in [0, 0.05) is 27.5 Å². The average Bonchev–Trinajstić information content (AvgIpc) is 3.51. The third-order valence-electron chi connectivity index (χ3n) is 6.00. The number of nitrogens with zero attached hydrogens (tertiary/aromatic N) is 3. The molecule has 3 aromatic rings. The number of rotatable bonds is 8. The second-order valence-corrected chi connectivity index (χ2v) is 11.7. The van der Waals surface area contributed by atoms with Crippen LogP contribution in [0.25, 0.3) is 10.4 Å². The smallest absolute Gasteiger partial charge is 0.341 e. The van der Waals surface area contributed by atoms with Gasteiger partial charge in [0.2, 0.25) is 5.91 Å². The Hall–Kier alpha value is -3.38. The predicted octanol–water partition coefficient (Wildman–Crippen LogP) is 5.62. The topological polar surface area (TPSA) is 142 Å². The zero-order valence-corrected chi connectivity index (χ0v) is 22.9. The van der Waals surface area contributed by atoms with Crippen LogP contribution in [-0.4, -0.2) is 29.2 Å². The van der Waals surface area contributed by atoms with Gasteiger partial charge in [-0.25, -0.2) is 9.78 Å². The largest absolute Gasteiger partial charge is 0.462 e. The van der Waals surface area contributed by atoms with Crippen LogP contribution < -0.4 is 11.1 Å². The lowest BCUT2D eigenvalue weighted by Crippen LogP contribution is -2.17. The van der Waals surface area contributed by atoms with Crippen molar-refractivity contribution < 1.29 is 14.3 Å². The molecule has 8 nitrogen and oxygen atoms in total. The maximum absolute atomic E-state index is 12.9. The molecule has 190 valence electrons. The van der Waals surface area contributed by atoms with E-state index in [1.165, 1.54) is 34.4 Å². The van der Waals surface area contributed by atoms with Crippen LogP contribution in [0.4, 0.5) is 10.8 Å². The molecule has 1 aliphatic rings. The van der Waals surface area contributed by atoms with Gasteiger partial charge in [0.05, 0.1) is 17.7 Å². The summed E-state index contributed by atoms with van der Waals surface area (Å²) in [6.07, 6.45) is 2.80. The summed E-state index contributed by atoms with van der Waals surface area (Å²) in [5, 5.41) is 25.2. The quantitative estimate of drug-likeness (QED) is 0.271. The maximum Gasteiger partial charge on any atom is 0.341 e. The number of carbonyl (C=O) groups excluding carboxylic acids is 2. The highest BCUT2D eigenvalue weighted by atomic mass is 32.2. The van der Waals surface area contributed by atoms with Crippen LogP contribution in [-0.2, 0) is 22.4 Å². The Morgan fingerprint density at radius 1 is 1.32 bits per heavy atom. The molecule has 0 bridgehead atoms. The lowest BCUT2D eigenvalue weighted by Gasteiger charge is -2.18. The van der Waals surface area contributed by atoms with Crippen LogP contribution in [0.5, 0.6) is 0 Å². The van der Waals surface area contributed by atoms with E-state index in [-0.39, 0.29) is 35.9 Å². The normalized spacial score (nSPS) is 14.3. The molecular weight excluding hydrogens is 527 g/mol. The molecule has 11 heteroatoms. The van der Waals surface area contributed by atoms with Gasteiger partial charge in [0.25, 0.3) is 0 Å². The first kappa shape index (κ1) is 26.7. The number of aromatic nitrogens is 1. The number of anilines is 2. The zero-order chi connectivity index (χ0) is 26.5. The van der Waals surface area contributed by atoms with Gasteiger partial charge in [-0.3, -0.25) is 4.79 Å². The molecule has 3 heterocycles. The number of esters is 1. The van der Waals surface area contributed by atoms with Crippen molar-refractivity contribution in [3.8, 4) is 22.6 Å². The molecule has 0 radical (unpaired) electrons. The highest BCUT2D eigenvalue weighted by molar-refractivity contribution is 7.99. The first-order chi connectivity index (χ1) is 17.9. The Labute approximate surface area is 227 Å². The first-order valence-corrected chi connectivity index (χ1v) is 14.5. The van der Waals surface area contributed by atoms with E-state index >= 15 is 0 Å². The predicted molar refractivity (Wildman–Crippen MR) is 147 cm³/mol. The maximum atomic E-state index is 12.9. The SMILES string of the molecule is CCOC(=O)c1c(NC(=O)CCSc2nc(N)c(C#N)c(-c3cccs3)c2C#N)sc2c1CCC(C)C2. The van der Waals surface area contributed by atoms with Crippen LogP contribution in [0.1, 0.15) is 58.6 Å². The number of nitrogens with one attached hydrogen (secondary N) is 1. The number of hydrogen-bond acceptors (Lipinski definition) is 10. The van der Waals surface area contributed by atoms with E-state index in [2.05, 4.69) is 29.4 Å². The molecule has 4 rings (SSSR count). The van der Waals surface area contributed by atoms with E-state index in [9.17, 15) is 20.1 Å². The number of pyridine rings is 1. The summed E-state index contributed by atoms with van der Waals surface area (Å²) in [5.41, 5.74) is 8.42. The number of fused-ring (bicyclic) bond motifs is 1. The molecule has 1 unspecified atom stereocenters. The van der Waals surface area contributed by atoms with E-state index in [0.29, 0.717) is 32.8 Å². The van der Waals surface area contributed by atoms with Gasteiger partial charge >= 0.3 is 5.97 Å². The Balaban J connectivity index is 1.51. The first-order valence-electron chi connectivity index (χ1n) is 11.8. The molecule has 0 saturated carbocycles. The Kier molecular flexibility index (Phi) is 8.49. The molecule has 0 spiro atoms. The summed E-state index contributed by atoms with van der Waals surface area (Å²) in [5.74, 6) is 0.260. The number of nitriles is 2. The van der Waals surface area contributed by atoms with E-state index in [4.69, 9.17) is 10.5 Å². The van der Waals surface area contributed by atoms with Gasteiger partial charge < -0.3 is 15.8 Å². The minimum atomic E-state index is -0.406. The minimum Gasteiger partial charge on any atom is -0.462 e. The van der Waals surface area contributed by atoms with Crippen LogP contribution in [0.3, 0.4) is 0 Å². The Bertz CT molecular complexity index is 1420. The van der Waals surface area contributed by atoms with Gasteiger partial charge in [0.1, 0.15) is 33.5 Å². The molecule has 0 aliphatic heterocycles. The van der Waals surface area contributed by atoms with Crippen molar-refractivity contribution in [1.82, 2.24) is 4.98 Å². The van der Waals surface area contributed by atoms with Crippen molar-refractivity contribution in [3.63, 3.8) is 0 Å². The lowest BCUT2D eigenvalue weighted by atomic mass is 9.88. The molecule has 0 aromatic carbocycles. The summed E-state index contributed by atoms with van der Waals surface area (Å²) in [4.78, 5) is 31.7. The summed E-state index contributed by atoms with van der Waals surface area (Å²) >= 11 is 4.09. The molecule has 3 N–H and O–H groups in total. The summed E-state index contributed by atoms with van der Waals surface area (Å²) in [6.45, 7) is 4.21. The van der Waals surface area contributed by atoms with Crippen molar-refractivity contribution in [2.75, 3.05) is 23.4 Å². The monoisotopic (exact) mass is 551 g/mol. The van der Waals surface area contributed by atoms with Gasteiger partial charge in [-0.2, -0.15) is 10.5 Å². The van der Waals surface area contributed by atoms with Crippen LogP contribution in [0, 0.1) is 28.6 Å². The summed E-state index contributed by atoms with van der Waals surface area (Å²) in [7, 11) is 0. The van der Waals surface area contributed by atoms with Crippen molar-refractivity contribution in [2.24, 2.45) is 5.92 Å². The standard InChI is InChI=1S/C26H25N5O3S3/c1-3-34-26(33)22-15-7-6-14(2)11-19(15)37-25(22)30-20(32)8-10-36-24-17(13-28)21(18-5-4-9-35-18)16(12-27)23(29)31-24/h4-5,9,14H,3,6-8,10-11H2,1-2H3,(H2,29,31)(H,30,32). The van der Waals surface area contributed by atoms with Gasteiger partial charge in [-0.15, -0.1) is 34.4 Å². The molecule has 3 aromatic heterocycles. The van der Waals surface area contributed by atoms with E-state index in [1.54, 1.807) is 6.92 Å². The number of ether oxygens (including phenoxy) is 1. The van der Waals surface area contributed by atoms with E-state index < -0.39 is 5.97 Å².